The number of rotatable bonds is 4. The standard InChI is InChI=1S/C11H14N2S2/c1-8-13-10(7-15-8)5-11(12-2)9-3-4-14-6-9/h3-4,6-7,11-12H,5H2,1-2H3. The van der Waals surface area contributed by atoms with Crippen molar-refractivity contribution in [3.63, 3.8) is 0 Å². The molecule has 1 unspecified atom stereocenters. The lowest BCUT2D eigenvalue weighted by Gasteiger charge is -2.13. The number of aromatic nitrogens is 1. The molecular formula is C11H14N2S2. The van der Waals surface area contributed by atoms with Crippen LogP contribution in [0.2, 0.25) is 0 Å². The number of nitrogens with one attached hydrogen (secondary N) is 1. The van der Waals surface area contributed by atoms with Crippen molar-refractivity contribution < 1.29 is 0 Å². The van der Waals surface area contributed by atoms with Crippen molar-refractivity contribution in [1.29, 1.82) is 0 Å². The number of thiazole rings is 1. The van der Waals surface area contributed by atoms with Crippen molar-refractivity contribution in [1.82, 2.24) is 10.3 Å². The Morgan fingerprint density at radius 3 is 2.87 bits per heavy atom. The number of likely N-dealkylation sites (N-methyl/N-ethyl adjacent to an activating group) is 1. The van der Waals surface area contributed by atoms with Gasteiger partial charge in [0.1, 0.15) is 0 Å². The van der Waals surface area contributed by atoms with Crippen LogP contribution in [0.15, 0.2) is 22.2 Å². The molecule has 0 saturated heterocycles. The molecule has 0 aliphatic carbocycles. The number of thiophene rings is 1. The maximum absolute atomic E-state index is 4.49. The predicted octanol–water partition coefficient (Wildman–Crippen LogP) is 3.02. The molecule has 0 saturated carbocycles. The smallest absolute Gasteiger partial charge is 0.0897 e. The second-order valence-electron chi connectivity index (χ2n) is 3.46. The molecule has 2 heterocycles. The fraction of sp³-hybridized carbons (Fsp3) is 0.364. The average molecular weight is 238 g/mol. The number of aryl methyl sites for hydroxylation is 1. The fourth-order valence-corrected chi connectivity index (χ4v) is 2.91. The maximum Gasteiger partial charge on any atom is 0.0897 e. The molecule has 0 bridgehead atoms. The van der Waals surface area contributed by atoms with Gasteiger partial charge >= 0.3 is 0 Å². The monoisotopic (exact) mass is 238 g/mol. The highest BCUT2D eigenvalue weighted by molar-refractivity contribution is 7.09. The normalized spacial score (nSPS) is 12.9. The second kappa shape index (κ2) is 4.88. The lowest BCUT2D eigenvalue weighted by atomic mass is 10.1. The molecule has 2 aromatic heterocycles. The molecule has 1 N–H and O–H groups in total. The van der Waals surface area contributed by atoms with E-state index in [4.69, 9.17) is 0 Å². The van der Waals surface area contributed by atoms with Crippen molar-refractivity contribution in [2.24, 2.45) is 0 Å². The molecule has 0 aromatic carbocycles. The number of hydrogen-bond donors (Lipinski definition) is 1. The van der Waals surface area contributed by atoms with Crippen molar-refractivity contribution in [2.75, 3.05) is 7.05 Å². The molecule has 2 aromatic rings. The van der Waals surface area contributed by atoms with Crippen LogP contribution >= 0.6 is 22.7 Å². The summed E-state index contributed by atoms with van der Waals surface area (Å²) in [4.78, 5) is 4.49. The highest BCUT2D eigenvalue weighted by Crippen LogP contribution is 2.21. The topological polar surface area (TPSA) is 24.9 Å². The van der Waals surface area contributed by atoms with E-state index in [1.54, 1.807) is 22.7 Å². The van der Waals surface area contributed by atoms with Gasteiger partial charge in [-0.15, -0.1) is 11.3 Å². The van der Waals surface area contributed by atoms with Crippen LogP contribution in [0.1, 0.15) is 22.3 Å². The van der Waals surface area contributed by atoms with Gasteiger partial charge in [-0.3, -0.25) is 0 Å². The van der Waals surface area contributed by atoms with Gasteiger partial charge < -0.3 is 5.32 Å². The Labute approximate surface area is 98.0 Å². The predicted molar refractivity (Wildman–Crippen MR) is 66.7 cm³/mol. The van der Waals surface area contributed by atoms with Crippen molar-refractivity contribution in [2.45, 2.75) is 19.4 Å². The van der Waals surface area contributed by atoms with E-state index in [2.05, 4.69) is 32.5 Å². The third-order valence-electron chi connectivity index (χ3n) is 2.37. The van der Waals surface area contributed by atoms with Gasteiger partial charge in [-0.25, -0.2) is 4.98 Å². The first-order valence-corrected chi connectivity index (χ1v) is 6.72. The Morgan fingerprint density at radius 1 is 1.47 bits per heavy atom. The summed E-state index contributed by atoms with van der Waals surface area (Å²) >= 11 is 3.46. The molecule has 80 valence electrons. The molecular weight excluding hydrogens is 224 g/mol. The van der Waals surface area contributed by atoms with Crippen LogP contribution in [0.4, 0.5) is 0 Å². The highest BCUT2D eigenvalue weighted by atomic mass is 32.1. The van der Waals surface area contributed by atoms with E-state index >= 15 is 0 Å². The van der Waals surface area contributed by atoms with Crippen LogP contribution in [-0.2, 0) is 6.42 Å². The lowest BCUT2D eigenvalue weighted by molar-refractivity contribution is 0.587. The Morgan fingerprint density at radius 2 is 2.33 bits per heavy atom. The van der Waals surface area contributed by atoms with Gasteiger partial charge in [0.15, 0.2) is 0 Å². The molecule has 0 radical (unpaired) electrons. The van der Waals surface area contributed by atoms with E-state index in [1.165, 1.54) is 11.3 Å². The molecule has 0 fully saturated rings. The van der Waals surface area contributed by atoms with Crippen LogP contribution in [0, 0.1) is 6.92 Å². The highest BCUT2D eigenvalue weighted by Gasteiger charge is 2.11. The zero-order chi connectivity index (χ0) is 10.7. The van der Waals surface area contributed by atoms with E-state index < -0.39 is 0 Å². The first-order chi connectivity index (χ1) is 7.29. The number of hydrogen-bond acceptors (Lipinski definition) is 4. The molecule has 4 heteroatoms. The van der Waals surface area contributed by atoms with Crippen LogP contribution in [0.5, 0.6) is 0 Å². The van der Waals surface area contributed by atoms with Gasteiger partial charge in [0, 0.05) is 17.8 Å². The van der Waals surface area contributed by atoms with Crippen molar-refractivity contribution in [3.05, 3.63) is 38.5 Å². The summed E-state index contributed by atoms with van der Waals surface area (Å²) in [5.74, 6) is 0. The Hall–Kier alpha value is -0.710. The van der Waals surface area contributed by atoms with Gasteiger partial charge in [0.05, 0.1) is 10.7 Å². The largest absolute Gasteiger partial charge is 0.313 e. The molecule has 15 heavy (non-hydrogen) atoms. The summed E-state index contributed by atoms with van der Waals surface area (Å²) in [6, 6.07) is 2.56. The third kappa shape index (κ3) is 2.65. The minimum absolute atomic E-state index is 0.387. The molecule has 2 nitrogen and oxygen atoms in total. The summed E-state index contributed by atoms with van der Waals surface area (Å²) in [6.45, 7) is 2.05. The summed E-state index contributed by atoms with van der Waals surface area (Å²) < 4.78 is 0. The molecule has 0 amide bonds. The van der Waals surface area contributed by atoms with Crippen LogP contribution < -0.4 is 5.32 Å². The Kier molecular flexibility index (Phi) is 3.51. The van der Waals surface area contributed by atoms with E-state index in [1.807, 2.05) is 14.0 Å². The second-order valence-corrected chi connectivity index (χ2v) is 5.30. The minimum atomic E-state index is 0.387. The first kappa shape index (κ1) is 10.8. The summed E-state index contributed by atoms with van der Waals surface area (Å²) in [7, 11) is 2.00. The van der Waals surface area contributed by atoms with Crippen LogP contribution in [0.3, 0.4) is 0 Å². The first-order valence-electron chi connectivity index (χ1n) is 4.90. The van der Waals surface area contributed by atoms with Gasteiger partial charge in [-0.05, 0) is 36.4 Å². The molecule has 1 atom stereocenters. The molecule has 0 aliphatic rings. The summed E-state index contributed by atoms with van der Waals surface area (Å²) in [5.41, 5.74) is 2.54. The summed E-state index contributed by atoms with van der Waals surface area (Å²) in [5, 5.41) is 10.9. The van der Waals surface area contributed by atoms with Crippen molar-refractivity contribution in [3.8, 4) is 0 Å². The quantitative estimate of drug-likeness (QED) is 0.885. The van der Waals surface area contributed by atoms with Crippen LogP contribution in [0.25, 0.3) is 0 Å². The minimum Gasteiger partial charge on any atom is -0.313 e. The molecule has 0 aliphatic heterocycles. The van der Waals surface area contributed by atoms with E-state index in [-0.39, 0.29) is 0 Å². The fourth-order valence-electron chi connectivity index (χ4n) is 1.57. The van der Waals surface area contributed by atoms with E-state index in [9.17, 15) is 0 Å². The maximum atomic E-state index is 4.49. The average Bonchev–Trinajstić information content (AvgIpc) is 2.85. The van der Waals surface area contributed by atoms with Crippen molar-refractivity contribution >= 4 is 22.7 Å². The van der Waals surface area contributed by atoms with Crippen LogP contribution in [-0.4, -0.2) is 12.0 Å². The van der Waals surface area contributed by atoms with E-state index in [0.29, 0.717) is 6.04 Å². The SMILES string of the molecule is CNC(Cc1csc(C)n1)c1ccsc1. The van der Waals surface area contributed by atoms with Gasteiger partial charge in [0.2, 0.25) is 0 Å². The number of nitrogens with zero attached hydrogens (tertiary/aromatic N) is 1. The Bertz CT molecular complexity index is 406. The van der Waals surface area contributed by atoms with Gasteiger partial charge in [0.25, 0.3) is 0 Å². The van der Waals surface area contributed by atoms with Gasteiger partial charge in [-0.1, -0.05) is 0 Å². The third-order valence-corrected chi connectivity index (χ3v) is 3.90. The summed E-state index contributed by atoms with van der Waals surface area (Å²) in [6.07, 6.45) is 0.970. The van der Waals surface area contributed by atoms with E-state index in [0.717, 1.165) is 11.4 Å². The lowest BCUT2D eigenvalue weighted by Crippen LogP contribution is -2.18. The molecule has 2 rings (SSSR count). The zero-order valence-electron chi connectivity index (χ0n) is 8.86. The van der Waals surface area contributed by atoms with Gasteiger partial charge in [-0.2, -0.15) is 11.3 Å². The molecule has 0 spiro atoms. The Balaban J connectivity index is 2.09. The zero-order valence-corrected chi connectivity index (χ0v) is 10.5.